The van der Waals surface area contributed by atoms with Crippen LogP contribution >= 0.6 is 0 Å². The van der Waals surface area contributed by atoms with Crippen molar-refractivity contribution in [1.82, 2.24) is 15.1 Å². The third kappa shape index (κ3) is 3.87. The first kappa shape index (κ1) is 23.0. The Hall–Kier alpha value is -2.67. The Morgan fingerprint density at radius 2 is 1.61 bits per heavy atom. The molecule has 0 radical (unpaired) electrons. The molecule has 1 unspecified atom stereocenters. The first-order chi connectivity index (χ1) is 14.5. The monoisotopic (exact) mass is 443 g/mol. The first-order valence-electron chi connectivity index (χ1n) is 9.87. The number of hydrogen-bond acceptors (Lipinski definition) is 3. The van der Waals surface area contributed by atoms with Gasteiger partial charge in [0.05, 0.1) is 18.2 Å². The molecule has 1 aromatic carbocycles. The third-order valence-electron chi connectivity index (χ3n) is 5.78. The molecule has 1 atom stereocenters. The molecule has 1 spiro atoms. The number of halogens is 5. The molecule has 10 heteroatoms. The lowest BCUT2D eigenvalue weighted by atomic mass is 9.95. The van der Waals surface area contributed by atoms with Gasteiger partial charge in [0.2, 0.25) is 11.7 Å². The Morgan fingerprint density at radius 1 is 1.10 bits per heavy atom. The van der Waals surface area contributed by atoms with Crippen LogP contribution in [0.1, 0.15) is 43.5 Å². The molecule has 5 nitrogen and oxygen atoms in total. The average molecular weight is 443 g/mol. The summed E-state index contributed by atoms with van der Waals surface area (Å²) in [7, 11) is 0. The van der Waals surface area contributed by atoms with Gasteiger partial charge < -0.3 is 9.80 Å². The Morgan fingerprint density at radius 3 is 2.10 bits per heavy atom. The molecule has 2 saturated heterocycles. The summed E-state index contributed by atoms with van der Waals surface area (Å²) in [6, 6.07) is -0.453. The van der Waals surface area contributed by atoms with Crippen LogP contribution in [0.3, 0.4) is 0 Å². The van der Waals surface area contributed by atoms with Gasteiger partial charge in [-0.05, 0) is 12.3 Å². The van der Waals surface area contributed by atoms with Crippen LogP contribution in [-0.2, 0) is 4.79 Å². The van der Waals surface area contributed by atoms with Crippen LogP contribution in [0.5, 0.6) is 0 Å². The highest BCUT2D eigenvalue weighted by Gasteiger charge is 2.51. The minimum absolute atomic E-state index is 0.0476. The summed E-state index contributed by atoms with van der Waals surface area (Å²) in [5.41, 5.74) is -2.32. The van der Waals surface area contributed by atoms with Gasteiger partial charge in [-0.3, -0.25) is 14.9 Å². The van der Waals surface area contributed by atoms with E-state index in [0.29, 0.717) is 6.42 Å². The normalized spacial score (nSPS) is 20.6. The molecule has 1 aromatic rings. The zero-order chi connectivity index (χ0) is 23.1. The molecule has 0 aliphatic carbocycles. The maximum Gasteiger partial charge on any atom is 0.260 e. The van der Waals surface area contributed by atoms with Crippen LogP contribution in [0, 0.1) is 47.3 Å². The molecule has 2 fully saturated rings. The number of nitrogens with one attached hydrogen (secondary N) is 1. The smallest absolute Gasteiger partial charge is 0.260 e. The molecule has 0 bridgehead atoms. The van der Waals surface area contributed by atoms with E-state index in [1.54, 1.807) is 0 Å². The van der Waals surface area contributed by atoms with Gasteiger partial charge in [-0.25, -0.2) is 22.0 Å². The topological polar surface area (TPSA) is 52.7 Å². The van der Waals surface area contributed by atoms with Gasteiger partial charge in [0.1, 0.15) is 5.56 Å². The SMILES string of the molecule is C#CCN1C(=O)C(CC(C)C)NC12CCN(C(=O)c1c(F)c(F)c(F)c(F)c1F)CC2. The fraction of sp³-hybridized carbons (Fsp3) is 0.524. The number of hydrogen-bond donors (Lipinski definition) is 1. The van der Waals surface area contributed by atoms with Gasteiger partial charge in [-0.15, -0.1) is 6.42 Å². The van der Waals surface area contributed by atoms with E-state index < -0.39 is 52.3 Å². The van der Waals surface area contributed by atoms with Crippen LogP contribution < -0.4 is 5.32 Å². The molecule has 168 valence electrons. The Labute approximate surface area is 176 Å². The maximum atomic E-state index is 14.0. The molecule has 2 amide bonds. The number of amides is 2. The fourth-order valence-corrected chi connectivity index (χ4v) is 4.26. The number of likely N-dealkylation sites (tertiary alicyclic amines) is 1. The number of piperidine rings is 1. The molecule has 31 heavy (non-hydrogen) atoms. The molecule has 2 aliphatic rings. The maximum absolute atomic E-state index is 14.0. The minimum atomic E-state index is -2.32. The van der Waals surface area contributed by atoms with E-state index in [1.807, 2.05) is 13.8 Å². The molecule has 0 aromatic heterocycles. The van der Waals surface area contributed by atoms with Crippen LogP contribution in [0.2, 0.25) is 0 Å². The van der Waals surface area contributed by atoms with E-state index in [2.05, 4.69) is 11.2 Å². The van der Waals surface area contributed by atoms with E-state index in [4.69, 9.17) is 6.42 Å². The van der Waals surface area contributed by atoms with Crippen molar-refractivity contribution in [2.24, 2.45) is 5.92 Å². The molecular formula is C21H22F5N3O2. The number of benzene rings is 1. The van der Waals surface area contributed by atoms with Gasteiger partial charge in [-0.2, -0.15) is 0 Å². The largest absolute Gasteiger partial charge is 0.338 e. The number of carbonyl (C=O) groups is 2. The number of rotatable bonds is 4. The zero-order valence-electron chi connectivity index (χ0n) is 17.1. The second-order valence-electron chi connectivity index (χ2n) is 8.22. The van der Waals surface area contributed by atoms with Crippen LogP contribution in [-0.4, -0.2) is 53.0 Å². The van der Waals surface area contributed by atoms with Crippen molar-refractivity contribution in [3.8, 4) is 12.3 Å². The summed E-state index contributed by atoms with van der Waals surface area (Å²) in [6.07, 6.45) is 6.37. The van der Waals surface area contributed by atoms with Gasteiger partial charge in [0.15, 0.2) is 23.3 Å². The quantitative estimate of drug-likeness (QED) is 0.337. The summed E-state index contributed by atoms with van der Waals surface area (Å²) in [5, 5.41) is 3.30. The predicted octanol–water partition coefficient (Wildman–Crippen LogP) is 2.79. The summed E-state index contributed by atoms with van der Waals surface area (Å²) < 4.78 is 68.3. The lowest BCUT2D eigenvalue weighted by Crippen LogP contribution is -2.59. The van der Waals surface area contributed by atoms with Gasteiger partial charge in [-0.1, -0.05) is 19.8 Å². The summed E-state index contributed by atoms with van der Waals surface area (Å²) in [4.78, 5) is 27.9. The van der Waals surface area contributed by atoms with Crippen molar-refractivity contribution in [1.29, 1.82) is 0 Å². The third-order valence-corrected chi connectivity index (χ3v) is 5.78. The van der Waals surface area contributed by atoms with E-state index in [0.717, 1.165) is 4.90 Å². The zero-order valence-corrected chi connectivity index (χ0v) is 17.1. The Kier molecular flexibility index (Phi) is 6.28. The number of terminal acetylenes is 1. The van der Waals surface area contributed by atoms with Crippen molar-refractivity contribution >= 4 is 11.8 Å². The van der Waals surface area contributed by atoms with Crippen LogP contribution in [0.4, 0.5) is 22.0 Å². The second-order valence-corrected chi connectivity index (χ2v) is 8.22. The van der Waals surface area contributed by atoms with Crippen LogP contribution in [0.15, 0.2) is 0 Å². The first-order valence-corrected chi connectivity index (χ1v) is 9.87. The molecule has 2 aliphatic heterocycles. The Bertz CT molecular complexity index is 922. The van der Waals surface area contributed by atoms with Crippen LogP contribution in [0.25, 0.3) is 0 Å². The minimum Gasteiger partial charge on any atom is -0.338 e. The van der Waals surface area contributed by atoms with E-state index in [9.17, 15) is 31.5 Å². The van der Waals surface area contributed by atoms with Crippen molar-refractivity contribution in [3.05, 3.63) is 34.6 Å². The van der Waals surface area contributed by atoms with Crippen molar-refractivity contribution < 1.29 is 31.5 Å². The van der Waals surface area contributed by atoms with Gasteiger partial charge in [0, 0.05) is 25.9 Å². The number of nitrogens with zero attached hydrogens (tertiary/aromatic N) is 2. The van der Waals surface area contributed by atoms with E-state index in [1.165, 1.54) is 4.90 Å². The lowest BCUT2D eigenvalue weighted by Gasteiger charge is -2.44. The molecular weight excluding hydrogens is 421 g/mol. The highest BCUT2D eigenvalue weighted by Crippen LogP contribution is 2.35. The fourth-order valence-electron chi connectivity index (χ4n) is 4.26. The standard InChI is InChI=1S/C21H22F5N3O2/c1-4-7-29-19(30)12(10-11(2)3)27-21(29)5-8-28(9-6-21)20(31)13-14(22)16(24)18(26)17(25)15(13)23/h1,11-12,27H,5-10H2,2-3H3. The van der Waals surface area contributed by atoms with E-state index >= 15 is 0 Å². The summed E-state index contributed by atoms with van der Waals surface area (Å²) >= 11 is 0. The predicted molar refractivity (Wildman–Crippen MR) is 101 cm³/mol. The van der Waals surface area contributed by atoms with Crippen molar-refractivity contribution in [3.63, 3.8) is 0 Å². The van der Waals surface area contributed by atoms with Gasteiger partial charge >= 0.3 is 0 Å². The number of carbonyl (C=O) groups excluding carboxylic acids is 2. The van der Waals surface area contributed by atoms with Crippen molar-refractivity contribution in [2.75, 3.05) is 19.6 Å². The second kappa shape index (κ2) is 8.46. The highest BCUT2D eigenvalue weighted by molar-refractivity contribution is 5.95. The molecule has 2 heterocycles. The van der Waals surface area contributed by atoms with Crippen molar-refractivity contribution in [2.45, 2.75) is 44.8 Å². The highest BCUT2D eigenvalue weighted by atomic mass is 19.2. The average Bonchev–Trinajstić information content (AvgIpc) is 2.96. The van der Waals surface area contributed by atoms with E-state index in [-0.39, 0.29) is 44.3 Å². The summed E-state index contributed by atoms with van der Waals surface area (Å²) in [5.74, 6) is -9.77. The molecule has 1 N–H and O–H groups in total. The van der Waals surface area contributed by atoms with Gasteiger partial charge in [0.25, 0.3) is 5.91 Å². The lowest BCUT2D eigenvalue weighted by molar-refractivity contribution is -0.132. The molecule has 3 rings (SSSR count). The summed E-state index contributed by atoms with van der Waals surface area (Å²) in [6.45, 7) is 3.86. The Balaban J connectivity index is 1.83. The molecule has 0 saturated carbocycles.